The van der Waals surface area contributed by atoms with Crippen molar-refractivity contribution in [2.24, 2.45) is 5.41 Å². The highest BCUT2D eigenvalue weighted by Crippen LogP contribution is 2.19. The molecule has 0 heterocycles. The van der Waals surface area contributed by atoms with Gasteiger partial charge in [0.05, 0.1) is 0 Å². The molecule has 0 atom stereocenters. The normalized spacial score (nSPS) is 10.2. The molecular weight excluding hydrogens is 176 g/mol. The molecule has 0 aliphatic carbocycles. The Hall–Kier alpha value is -0.430. The van der Waals surface area contributed by atoms with E-state index < -0.39 is 0 Å². The largest absolute Gasteiger partial charge is 0.183 e. The minimum atomic E-state index is 0.404. The van der Waals surface area contributed by atoms with Crippen molar-refractivity contribution in [1.82, 2.24) is 0 Å². The number of hydrogen-bond donors (Lipinski definition) is 1. The Kier molecular flexibility index (Phi) is 5.89. The molecule has 0 N–H and O–H groups in total. The second kappa shape index (κ2) is 6.09. The summed E-state index contributed by atoms with van der Waals surface area (Å²) in [5.41, 5.74) is 1.83. The quantitative estimate of drug-likeness (QED) is 0.649. The molecule has 0 aliphatic rings. The molecule has 0 radical (unpaired) electrons. The maximum absolute atomic E-state index is 3.53. The summed E-state index contributed by atoms with van der Waals surface area (Å²) in [6, 6.07) is 10.6. The van der Waals surface area contributed by atoms with E-state index in [0.29, 0.717) is 5.41 Å². The summed E-state index contributed by atoms with van der Waals surface area (Å²) in [5.74, 6) is 0. The van der Waals surface area contributed by atoms with Crippen molar-refractivity contribution in [2.45, 2.75) is 27.2 Å². The van der Waals surface area contributed by atoms with Crippen LogP contribution in [0.2, 0.25) is 0 Å². The van der Waals surface area contributed by atoms with E-state index in [1.807, 2.05) is 0 Å². The molecular formula is C12H20S. The zero-order valence-corrected chi connectivity index (χ0v) is 9.94. The lowest BCUT2D eigenvalue weighted by molar-refractivity contribution is 0.411. The van der Waals surface area contributed by atoms with Crippen LogP contribution in [-0.4, -0.2) is 6.26 Å². The smallest absolute Gasteiger partial charge is 0.0215 e. The van der Waals surface area contributed by atoms with E-state index in [1.165, 1.54) is 5.56 Å². The molecule has 0 unspecified atom stereocenters. The SMILES string of the molecule is CC(C)(C)Cc1ccccc1.CS. The van der Waals surface area contributed by atoms with Gasteiger partial charge in [0.1, 0.15) is 0 Å². The number of rotatable bonds is 1. The Balaban J connectivity index is 0.000000671. The molecule has 0 fully saturated rings. The summed E-state index contributed by atoms with van der Waals surface area (Å²) in [5, 5.41) is 0. The van der Waals surface area contributed by atoms with Crippen LogP contribution < -0.4 is 0 Å². The lowest BCUT2D eigenvalue weighted by Gasteiger charge is -2.17. The Bertz CT molecular complexity index is 208. The summed E-state index contributed by atoms with van der Waals surface area (Å²) in [7, 11) is 0. The molecule has 1 rings (SSSR count). The molecule has 0 spiro atoms. The number of hydrogen-bond acceptors (Lipinski definition) is 1. The van der Waals surface area contributed by atoms with Gasteiger partial charge in [0.2, 0.25) is 0 Å². The van der Waals surface area contributed by atoms with Crippen LogP contribution in [0.1, 0.15) is 26.3 Å². The average Bonchev–Trinajstić information content (AvgIpc) is 2.07. The van der Waals surface area contributed by atoms with Gasteiger partial charge in [-0.25, -0.2) is 0 Å². The lowest BCUT2D eigenvalue weighted by atomic mass is 9.88. The van der Waals surface area contributed by atoms with E-state index in [-0.39, 0.29) is 0 Å². The van der Waals surface area contributed by atoms with Crippen LogP contribution in [-0.2, 0) is 6.42 Å². The van der Waals surface area contributed by atoms with E-state index >= 15 is 0 Å². The third-order valence-electron chi connectivity index (χ3n) is 1.58. The summed E-state index contributed by atoms with van der Waals surface area (Å²) >= 11 is 3.53. The molecule has 0 nitrogen and oxygen atoms in total. The minimum absolute atomic E-state index is 0.404. The van der Waals surface area contributed by atoms with Crippen LogP contribution >= 0.6 is 12.6 Å². The van der Waals surface area contributed by atoms with Gasteiger partial charge >= 0.3 is 0 Å². The zero-order valence-electron chi connectivity index (χ0n) is 9.04. The van der Waals surface area contributed by atoms with Gasteiger partial charge in [-0.2, -0.15) is 12.6 Å². The minimum Gasteiger partial charge on any atom is -0.183 e. The van der Waals surface area contributed by atoms with Crippen LogP contribution in [0, 0.1) is 5.41 Å². The Labute approximate surface area is 87.8 Å². The summed E-state index contributed by atoms with van der Waals surface area (Å²) in [4.78, 5) is 0. The van der Waals surface area contributed by atoms with Gasteiger partial charge in [0, 0.05) is 0 Å². The fourth-order valence-corrected chi connectivity index (χ4v) is 1.21. The molecule has 0 aromatic heterocycles. The van der Waals surface area contributed by atoms with Gasteiger partial charge in [0.25, 0.3) is 0 Å². The molecule has 0 saturated carbocycles. The maximum atomic E-state index is 3.53. The number of benzene rings is 1. The second-order valence-electron chi connectivity index (χ2n) is 4.22. The highest BCUT2D eigenvalue weighted by Gasteiger charge is 2.09. The Morgan fingerprint density at radius 2 is 1.46 bits per heavy atom. The van der Waals surface area contributed by atoms with Crippen LogP contribution in [0.15, 0.2) is 30.3 Å². The van der Waals surface area contributed by atoms with Gasteiger partial charge in [-0.05, 0) is 23.7 Å². The fraction of sp³-hybridized carbons (Fsp3) is 0.500. The molecule has 74 valence electrons. The van der Waals surface area contributed by atoms with E-state index in [9.17, 15) is 0 Å². The molecule has 0 saturated heterocycles. The molecule has 1 heteroatoms. The highest BCUT2D eigenvalue weighted by atomic mass is 32.1. The Morgan fingerprint density at radius 3 is 1.85 bits per heavy atom. The van der Waals surface area contributed by atoms with E-state index in [4.69, 9.17) is 0 Å². The fourth-order valence-electron chi connectivity index (χ4n) is 1.21. The van der Waals surface area contributed by atoms with Crippen molar-refractivity contribution in [2.75, 3.05) is 6.26 Å². The van der Waals surface area contributed by atoms with Crippen LogP contribution in [0.5, 0.6) is 0 Å². The topological polar surface area (TPSA) is 0 Å². The van der Waals surface area contributed by atoms with Crippen molar-refractivity contribution >= 4 is 12.6 Å². The van der Waals surface area contributed by atoms with Crippen LogP contribution in [0.25, 0.3) is 0 Å². The summed E-state index contributed by atoms with van der Waals surface area (Å²) in [6.07, 6.45) is 2.86. The molecule has 0 bridgehead atoms. The second-order valence-corrected chi connectivity index (χ2v) is 4.22. The average molecular weight is 196 g/mol. The van der Waals surface area contributed by atoms with Crippen molar-refractivity contribution in [3.05, 3.63) is 35.9 Å². The first-order valence-corrected chi connectivity index (χ1v) is 5.46. The van der Waals surface area contributed by atoms with Gasteiger partial charge in [0.15, 0.2) is 0 Å². The monoisotopic (exact) mass is 196 g/mol. The van der Waals surface area contributed by atoms with Crippen molar-refractivity contribution in [1.29, 1.82) is 0 Å². The summed E-state index contributed by atoms with van der Waals surface area (Å²) < 4.78 is 0. The summed E-state index contributed by atoms with van der Waals surface area (Å²) in [6.45, 7) is 6.79. The number of thiol groups is 1. The first kappa shape index (κ1) is 12.6. The highest BCUT2D eigenvalue weighted by molar-refractivity contribution is 7.79. The maximum Gasteiger partial charge on any atom is -0.0215 e. The molecule has 13 heavy (non-hydrogen) atoms. The first-order chi connectivity index (χ1) is 6.08. The standard InChI is InChI=1S/C11H16.CH4S/c1-11(2,3)9-10-7-5-4-6-8-10;1-2/h4-8H,9H2,1-3H3;2H,1H3. The van der Waals surface area contributed by atoms with Gasteiger partial charge in [-0.1, -0.05) is 51.1 Å². The van der Waals surface area contributed by atoms with Gasteiger partial charge in [-0.15, -0.1) is 0 Å². The van der Waals surface area contributed by atoms with Crippen molar-refractivity contribution in [3.63, 3.8) is 0 Å². The van der Waals surface area contributed by atoms with Gasteiger partial charge in [-0.3, -0.25) is 0 Å². The van der Waals surface area contributed by atoms with Crippen LogP contribution in [0.3, 0.4) is 0 Å². The third kappa shape index (κ3) is 6.71. The predicted octanol–water partition coefficient (Wildman–Crippen LogP) is 3.82. The molecule has 0 amide bonds. The third-order valence-corrected chi connectivity index (χ3v) is 1.58. The molecule has 1 aromatic carbocycles. The van der Waals surface area contributed by atoms with Crippen molar-refractivity contribution < 1.29 is 0 Å². The zero-order chi connectivity index (χ0) is 10.3. The van der Waals surface area contributed by atoms with E-state index in [0.717, 1.165) is 6.42 Å². The predicted molar refractivity (Wildman–Crippen MR) is 64.5 cm³/mol. The lowest BCUT2D eigenvalue weighted by Crippen LogP contribution is -2.08. The van der Waals surface area contributed by atoms with Crippen LogP contribution in [0.4, 0.5) is 0 Å². The van der Waals surface area contributed by atoms with E-state index in [1.54, 1.807) is 6.26 Å². The molecule has 0 aliphatic heterocycles. The van der Waals surface area contributed by atoms with Crippen molar-refractivity contribution in [3.8, 4) is 0 Å². The Morgan fingerprint density at radius 1 is 1.00 bits per heavy atom. The first-order valence-electron chi connectivity index (χ1n) is 4.57. The molecule has 1 aromatic rings. The van der Waals surface area contributed by atoms with E-state index in [2.05, 4.69) is 63.7 Å². The van der Waals surface area contributed by atoms with Gasteiger partial charge < -0.3 is 0 Å².